The van der Waals surface area contributed by atoms with Gasteiger partial charge in [-0.25, -0.2) is 0 Å². The molecule has 0 aliphatic carbocycles. The first-order chi connectivity index (χ1) is 13.1. The van der Waals surface area contributed by atoms with Gasteiger partial charge in [-0.15, -0.1) is 23.2 Å². The van der Waals surface area contributed by atoms with Crippen LogP contribution < -0.4 is 0 Å². The van der Waals surface area contributed by atoms with Crippen molar-refractivity contribution in [2.75, 3.05) is 0 Å². The summed E-state index contributed by atoms with van der Waals surface area (Å²) in [5.41, 5.74) is 0. The van der Waals surface area contributed by atoms with E-state index in [4.69, 9.17) is 27.9 Å². The van der Waals surface area contributed by atoms with Crippen LogP contribution in [0.3, 0.4) is 0 Å². The molecule has 4 unspecified atom stereocenters. The molecule has 1 nitrogen and oxygen atoms in total. The molecule has 3 heteroatoms. The molecule has 0 aliphatic heterocycles. The number of hydrogen-bond acceptors (Lipinski definition) is 1. The van der Waals surface area contributed by atoms with E-state index in [0.717, 1.165) is 25.7 Å². The fourth-order valence-electron chi connectivity index (χ4n) is 3.71. The van der Waals surface area contributed by atoms with Crippen molar-refractivity contribution in [2.45, 2.75) is 153 Å². The third-order valence-electron chi connectivity index (χ3n) is 5.63. The Morgan fingerprint density at radius 3 is 1.19 bits per heavy atom. The molecule has 0 aromatic rings. The summed E-state index contributed by atoms with van der Waals surface area (Å²) in [4.78, 5) is 0. The van der Waals surface area contributed by atoms with E-state index in [2.05, 4.69) is 27.7 Å². The Hall–Kier alpha value is 0.540. The van der Waals surface area contributed by atoms with Crippen LogP contribution in [0, 0.1) is 0 Å². The molecule has 0 aliphatic rings. The zero-order chi connectivity index (χ0) is 20.3. The number of halogens is 2. The van der Waals surface area contributed by atoms with Crippen molar-refractivity contribution in [2.24, 2.45) is 0 Å². The fourth-order valence-corrected chi connectivity index (χ4v) is 4.49. The smallest absolute Gasteiger partial charge is 0.0740 e. The summed E-state index contributed by atoms with van der Waals surface area (Å²) in [7, 11) is 0. The summed E-state index contributed by atoms with van der Waals surface area (Å²) in [5.74, 6) is 0. The van der Waals surface area contributed by atoms with Crippen molar-refractivity contribution >= 4 is 23.2 Å². The van der Waals surface area contributed by atoms with E-state index in [1.165, 1.54) is 77.0 Å². The number of hydrogen-bond donors (Lipinski definition) is 0. The monoisotopic (exact) mass is 422 g/mol. The molecule has 0 bridgehead atoms. The number of alkyl halides is 2. The van der Waals surface area contributed by atoms with Gasteiger partial charge in [0, 0.05) is 0 Å². The van der Waals surface area contributed by atoms with Crippen LogP contribution in [-0.2, 0) is 4.74 Å². The van der Waals surface area contributed by atoms with E-state index < -0.39 is 0 Å². The molecule has 0 fully saturated rings. The summed E-state index contributed by atoms with van der Waals surface area (Å²) in [6, 6.07) is 0. The predicted molar refractivity (Wildman–Crippen MR) is 125 cm³/mol. The first-order valence-corrected chi connectivity index (χ1v) is 12.9. The molecule has 0 aromatic heterocycles. The average molecular weight is 424 g/mol. The third-order valence-corrected chi connectivity index (χ3v) is 6.63. The zero-order valence-corrected chi connectivity index (χ0v) is 20.3. The van der Waals surface area contributed by atoms with E-state index in [-0.39, 0.29) is 23.0 Å². The van der Waals surface area contributed by atoms with Gasteiger partial charge in [-0.1, -0.05) is 105 Å². The van der Waals surface area contributed by atoms with Crippen LogP contribution in [0.15, 0.2) is 0 Å². The number of rotatable bonds is 20. The van der Waals surface area contributed by atoms with Gasteiger partial charge in [0.2, 0.25) is 0 Å². The van der Waals surface area contributed by atoms with Crippen LogP contribution in [0.4, 0.5) is 0 Å². The summed E-state index contributed by atoms with van der Waals surface area (Å²) in [6.45, 7) is 8.90. The molecule has 0 radical (unpaired) electrons. The fraction of sp³-hybridized carbons (Fsp3) is 1.00. The maximum atomic E-state index is 6.70. The van der Waals surface area contributed by atoms with Crippen molar-refractivity contribution in [1.82, 2.24) is 0 Å². The second-order valence-electron chi connectivity index (χ2n) is 8.17. The summed E-state index contributed by atoms with van der Waals surface area (Å²) in [5, 5.41) is 0.237. The van der Waals surface area contributed by atoms with E-state index in [0.29, 0.717) is 0 Å². The quantitative estimate of drug-likeness (QED) is 0.140. The first kappa shape index (κ1) is 27.5. The number of unbranched alkanes of at least 4 members (excludes halogenated alkanes) is 10. The predicted octanol–water partition coefficient (Wildman–Crippen LogP) is 9.28. The number of ether oxygens (including phenoxy) is 1. The molecule has 0 N–H and O–H groups in total. The molecule has 0 spiro atoms. The third kappa shape index (κ3) is 15.1. The standard InChI is InChI=1S/C24H48Cl2O/c1-5-9-11-13-15-17-19-21(25)23(7-3)27-24(8-4)22(26)20-18-16-14-12-10-6-2/h21-24H,5-20H2,1-4H3. The van der Waals surface area contributed by atoms with Crippen molar-refractivity contribution in [3.63, 3.8) is 0 Å². The Morgan fingerprint density at radius 1 is 0.519 bits per heavy atom. The van der Waals surface area contributed by atoms with Gasteiger partial charge in [0.15, 0.2) is 0 Å². The Kier molecular flexibility index (Phi) is 20.2. The molecule has 0 aromatic carbocycles. The summed E-state index contributed by atoms with van der Waals surface area (Å²) >= 11 is 13.4. The lowest BCUT2D eigenvalue weighted by Gasteiger charge is -2.29. The van der Waals surface area contributed by atoms with Gasteiger partial charge in [0.1, 0.15) is 0 Å². The first-order valence-electron chi connectivity index (χ1n) is 12.0. The minimum absolute atomic E-state index is 0.119. The minimum Gasteiger partial charge on any atom is -0.372 e. The molecule has 0 saturated heterocycles. The Labute approximate surface area is 181 Å². The zero-order valence-electron chi connectivity index (χ0n) is 18.8. The maximum Gasteiger partial charge on any atom is 0.0740 e. The SMILES string of the molecule is CCCCCCCCC(Cl)C(CC)OC(CC)C(Cl)CCCCCCCC. The van der Waals surface area contributed by atoms with Crippen LogP contribution in [0.25, 0.3) is 0 Å². The highest BCUT2D eigenvalue weighted by Crippen LogP contribution is 2.25. The van der Waals surface area contributed by atoms with Crippen LogP contribution >= 0.6 is 23.2 Å². The molecule has 0 saturated carbocycles. The molecule has 164 valence electrons. The highest BCUT2D eigenvalue weighted by atomic mass is 35.5. The lowest BCUT2D eigenvalue weighted by molar-refractivity contribution is -0.0215. The van der Waals surface area contributed by atoms with Crippen molar-refractivity contribution in [3.8, 4) is 0 Å². The second kappa shape index (κ2) is 19.8. The van der Waals surface area contributed by atoms with Gasteiger partial charge in [-0.05, 0) is 25.7 Å². The topological polar surface area (TPSA) is 9.23 Å². The van der Waals surface area contributed by atoms with E-state index >= 15 is 0 Å². The molecular formula is C24H48Cl2O. The lowest BCUT2D eigenvalue weighted by Crippen LogP contribution is -2.34. The van der Waals surface area contributed by atoms with Crippen LogP contribution in [0.5, 0.6) is 0 Å². The highest BCUT2D eigenvalue weighted by Gasteiger charge is 2.25. The normalized spacial score (nSPS) is 16.2. The molecule has 0 amide bonds. The maximum absolute atomic E-state index is 6.70. The summed E-state index contributed by atoms with van der Waals surface area (Å²) in [6.07, 6.45) is 20.1. The van der Waals surface area contributed by atoms with Gasteiger partial charge < -0.3 is 4.74 Å². The average Bonchev–Trinajstić information content (AvgIpc) is 2.67. The van der Waals surface area contributed by atoms with Gasteiger partial charge in [-0.3, -0.25) is 0 Å². The largest absolute Gasteiger partial charge is 0.372 e. The molecule has 27 heavy (non-hydrogen) atoms. The van der Waals surface area contributed by atoms with Gasteiger partial charge in [0.25, 0.3) is 0 Å². The van der Waals surface area contributed by atoms with Crippen molar-refractivity contribution in [3.05, 3.63) is 0 Å². The molecule has 4 atom stereocenters. The van der Waals surface area contributed by atoms with Crippen LogP contribution in [0.1, 0.15) is 130 Å². The highest BCUT2D eigenvalue weighted by molar-refractivity contribution is 6.21. The van der Waals surface area contributed by atoms with Gasteiger partial charge >= 0.3 is 0 Å². The van der Waals surface area contributed by atoms with Gasteiger partial charge in [0.05, 0.1) is 23.0 Å². The van der Waals surface area contributed by atoms with E-state index in [1.807, 2.05) is 0 Å². The Morgan fingerprint density at radius 2 is 0.852 bits per heavy atom. The Bertz CT molecular complexity index is 270. The molecule has 0 heterocycles. The summed E-state index contributed by atoms with van der Waals surface area (Å²) < 4.78 is 6.40. The second-order valence-corrected chi connectivity index (χ2v) is 9.30. The van der Waals surface area contributed by atoms with Crippen molar-refractivity contribution < 1.29 is 4.74 Å². The van der Waals surface area contributed by atoms with Crippen LogP contribution in [-0.4, -0.2) is 23.0 Å². The molecular weight excluding hydrogens is 375 g/mol. The van der Waals surface area contributed by atoms with E-state index in [9.17, 15) is 0 Å². The van der Waals surface area contributed by atoms with Gasteiger partial charge in [-0.2, -0.15) is 0 Å². The van der Waals surface area contributed by atoms with Crippen molar-refractivity contribution in [1.29, 1.82) is 0 Å². The lowest BCUT2D eigenvalue weighted by atomic mass is 10.0. The molecule has 0 rings (SSSR count). The van der Waals surface area contributed by atoms with E-state index in [1.54, 1.807) is 0 Å². The van der Waals surface area contributed by atoms with Crippen LogP contribution in [0.2, 0.25) is 0 Å². The minimum atomic E-state index is 0.119. The Balaban J connectivity index is 4.09.